The van der Waals surface area contributed by atoms with Gasteiger partial charge in [0.25, 0.3) is 0 Å². The van der Waals surface area contributed by atoms with Gasteiger partial charge in [-0.05, 0) is 59.7 Å². The smallest absolute Gasteiger partial charge is 0.323 e. The second-order valence-corrected chi connectivity index (χ2v) is 10.9. The zero-order valence-corrected chi connectivity index (χ0v) is 23.8. The van der Waals surface area contributed by atoms with Crippen molar-refractivity contribution in [2.24, 2.45) is 0 Å². The summed E-state index contributed by atoms with van der Waals surface area (Å²) >= 11 is 1.65. The molecule has 3 atom stereocenters. The number of hydrogen-bond acceptors (Lipinski definition) is 7. The molecule has 42 heavy (non-hydrogen) atoms. The van der Waals surface area contributed by atoms with E-state index in [1.165, 1.54) is 0 Å². The van der Waals surface area contributed by atoms with Crippen LogP contribution in [0.5, 0.6) is 11.5 Å². The van der Waals surface area contributed by atoms with E-state index in [2.05, 4.69) is 10.6 Å². The van der Waals surface area contributed by atoms with Crippen LogP contribution in [0.1, 0.15) is 35.5 Å². The lowest BCUT2D eigenvalue weighted by Gasteiger charge is -2.36. The highest BCUT2D eigenvalue weighted by Crippen LogP contribution is 2.39. The van der Waals surface area contributed by atoms with Gasteiger partial charge in [-0.3, -0.25) is 0 Å². The number of nitrogens with one attached hydrogen (secondary N) is 2. The Morgan fingerprint density at radius 3 is 2.05 bits per heavy atom. The van der Waals surface area contributed by atoms with Crippen LogP contribution in [-0.4, -0.2) is 40.5 Å². The van der Waals surface area contributed by atoms with Crippen LogP contribution in [0.3, 0.4) is 0 Å². The number of aliphatic hydroxyl groups excluding tert-OH is 2. The van der Waals surface area contributed by atoms with E-state index in [9.17, 15) is 15.0 Å². The minimum absolute atomic E-state index is 0.00757. The van der Waals surface area contributed by atoms with Crippen LogP contribution >= 0.6 is 11.8 Å². The van der Waals surface area contributed by atoms with Gasteiger partial charge in [-0.1, -0.05) is 54.6 Å². The lowest BCUT2D eigenvalue weighted by Crippen LogP contribution is -2.31. The number of thioether (sulfide) groups is 1. The van der Waals surface area contributed by atoms with Crippen molar-refractivity contribution >= 4 is 29.2 Å². The predicted octanol–water partition coefficient (Wildman–Crippen LogP) is 6.89. The fourth-order valence-electron chi connectivity index (χ4n) is 4.55. The summed E-state index contributed by atoms with van der Waals surface area (Å²) in [6.45, 7) is 0.117. The molecule has 2 amide bonds. The number of para-hydroxylation sites is 1. The third-order valence-electron chi connectivity index (χ3n) is 6.69. The largest absolute Gasteiger partial charge is 0.457 e. The van der Waals surface area contributed by atoms with Crippen LogP contribution in [0.15, 0.2) is 103 Å². The summed E-state index contributed by atoms with van der Waals surface area (Å²) in [5.74, 6) is 2.81. The topological polar surface area (TPSA) is 109 Å². The number of rotatable bonds is 11. The Morgan fingerprint density at radius 2 is 1.40 bits per heavy atom. The van der Waals surface area contributed by atoms with Crippen LogP contribution in [0.4, 0.5) is 16.2 Å². The van der Waals surface area contributed by atoms with Gasteiger partial charge in [0, 0.05) is 34.9 Å². The Labute approximate surface area is 249 Å². The minimum Gasteiger partial charge on any atom is -0.457 e. The van der Waals surface area contributed by atoms with Gasteiger partial charge in [-0.2, -0.15) is 11.8 Å². The third-order valence-corrected chi connectivity index (χ3v) is 7.76. The fraction of sp³-hybridized carbons (Fsp3) is 0.242. The normalized spacial score (nSPS) is 18.3. The van der Waals surface area contributed by atoms with Crippen LogP contribution in [0, 0.1) is 0 Å². The number of aliphatic hydroxyl groups is 2. The van der Waals surface area contributed by atoms with Crippen LogP contribution in [-0.2, 0) is 16.1 Å². The summed E-state index contributed by atoms with van der Waals surface area (Å²) < 4.78 is 18.4. The summed E-state index contributed by atoms with van der Waals surface area (Å²) in [7, 11) is 0. The molecule has 1 aliphatic rings. The Morgan fingerprint density at radius 1 is 0.786 bits per heavy atom. The van der Waals surface area contributed by atoms with E-state index in [0.717, 1.165) is 28.2 Å². The zero-order chi connectivity index (χ0) is 29.1. The van der Waals surface area contributed by atoms with E-state index in [1.807, 2.05) is 78.9 Å². The SMILES string of the molecule is O=C(Nc1ccc(Oc2ccccc2)cc1)Nc1ccc([C@H]2O[C@@H](CSCCO)C[C@@H](c3ccc(CO)cc3)O2)cc1. The van der Waals surface area contributed by atoms with E-state index in [-0.39, 0.29) is 31.5 Å². The number of benzene rings is 4. The maximum absolute atomic E-state index is 12.6. The Hall–Kier alpha value is -3.86. The van der Waals surface area contributed by atoms with Crippen molar-refractivity contribution in [3.8, 4) is 11.5 Å². The average Bonchev–Trinajstić information content (AvgIpc) is 3.03. The van der Waals surface area contributed by atoms with E-state index < -0.39 is 6.29 Å². The molecule has 0 bridgehead atoms. The number of urea groups is 1. The molecule has 1 saturated heterocycles. The first-order chi connectivity index (χ1) is 20.6. The third kappa shape index (κ3) is 8.34. The Kier molecular flexibility index (Phi) is 10.5. The van der Waals surface area contributed by atoms with E-state index in [1.54, 1.807) is 36.0 Å². The molecule has 4 aromatic carbocycles. The molecule has 0 spiro atoms. The van der Waals surface area contributed by atoms with Gasteiger partial charge in [-0.25, -0.2) is 4.79 Å². The summed E-state index contributed by atoms with van der Waals surface area (Å²) in [6, 6.07) is 31.4. The van der Waals surface area contributed by atoms with Gasteiger partial charge in [-0.15, -0.1) is 0 Å². The molecule has 8 nitrogen and oxygen atoms in total. The fourth-order valence-corrected chi connectivity index (χ4v) is 5.32. The highest BCUT2D eigenvalue weighted by molar-refractivity contribution is 7.99. The van der Waals surface area contributed by atoms with Crippen molar-refractivity contribution in [3.05, 3.63) is 120 Å². The molecule has 0 saturated carbocycles. The zero-order valence-electron chi connectivity index (χ0n) is 23.0. The summed E-state index contributed by atoms with van der Waals surface area (Å²) in [6.07, 6.45) is -0.132. The molecule has 0 aromatic heterocycles. The van der Waals surface area contributed by atoms with Gasteiger partial charge >= 0.3 is 6.03 Å². The quantitative estimate of drug-likeness (QED) is 0.142. The Bertz CT molecular complexity index is 1400. The Balaban J connectivity index is 1.18. The number of anilines is 2. The monoisotopic (exact) mass is 586 g/mol. The number of carbonyl (C=O) groups is 1. The van der Waals surface area contributed by atoms with Crippen LogP contribution < -0.4 is 15.4 Å². The highest BCUT2D eigenvalue weighted by Gasteiger charge is 2.32. The molecule has 5 rings (SSSR count). The molecule has 0 radical (unpaired) electrons. The number of ether oxygens (including phenoxy) is 3. The molecule has 4 N–H and O–H groups in total. The van der Waals surface area contributed by atoms with Crippen molar-refractivity contribution in [1.29, 1.82) is 0 Å². The standard InChI is InChI=1S/C33H34N2O6S/c36-18-19-42-22-30-20-31(24-8-6-23(21-37)7-9-24)41-32(40-30)25-10-12-26(13-11-25)34-33(38)35-27-14-16-29(17-15-27)39-28-4-2-1-3-5-28/h1-17,30-32,36-37H,18-22H2,(H2,34,35,38)/t30-,31+,32+/m1/s1. The molecular formula is C33H34N2O6S. The lowest BCUT2D eigenvalue weighted by molar-refractivity contribution is -0.245. The maximum Gasteiger partial charge on any atom is 0.323 e. The molecule has 4 aromatic rings. The van der Waals surface area contributed by atoms with Gasteiger partial charge < -0.3 is 35.1 Å². The average molecular weight is 587 g/mol. The van der Waals surface area contributed by atoms with E-state index in [4.69, 9.17) is 14.2 Å². The van der Waals surface area contributed by atoms with Gasteiger partial charge in [0.15, 0.2) is 6.29 Å². The van der Waals surface area contributed by atoms with E-state index >= 15 is 0 Å². The molecule has 9 heteroatoms. The predicted molar refractivity (Wildman–Crippen MR) is 165 cm³/mol. The number of amides is 2. The second kappa shape index (κ2) is 14.9. The maximum atomic E-state index is 12.6. The number of hydrogen-bond donors (Lipinski definition) is 4. The van der Waals surface area contributed by atoms with Gasteiger partial charge in [0.05, 0.1) is 25.4 Å². The van der Waals surface area contributed by atoms with Crippen molar-refractivity contribution in [3.63, 3.8) is 0 Å². The van der Waals surface area contributed by atoms with Crippen molar-refractivity contribution in [2.45, 2.75) is 31.5 Å². The van der Waals surface area contributed by atoms with E-state index in [0.29, 0.717) is 29.3 Å². The van der Waals surface area contributed by atoms with Crippen molar-refractivity contribution < 1.29 is 29.2 Å². The summed E-state index contributed by atoms with van der Waals surface area (Å²) in [4.78, 5) is 12.6. The first-order valence-corrected chi connectivity index (χ1v) is 15.0. The summed E-state index contributed by atoms with van der Waals surface area (Å²) in [5, 5.41) is 24.3. The molecule has 1 fully saturated rings. The summed E-state index contributed by atoms with van der Waals surface area (Å²) in [5.41, 5.74) is 3.97. The molecule has 1 heterocycles. The van der Waals surface area contributed by atoms with Crippen molar-refractivity contribution in [1.82, 2.24) is 0 Å². The highest BCUT2D eigenvalue weighted by atomic mass is 32.2. The molecule has 0 aliphatic carbocycles. The lowest BCUT2D eigenvalue weighted by atomic mass is 10.0. The molecule has 218 valence electrons. The first-order valence-electron chi connectivity index (χ1n) is 13.8. The van der Waals surface area contributed by atoms with Crippen LogP contribution in [0.25, 0.3) is 0 Å². The first kappa shape index (κ1) is 29.6. The van der Waals surface area contributed by atoms with Gasteiger partial charge in [0.1, 0.15) is 11.5 Å². The molecule has 1 aliphatic heterocycles. The molecular weight excluding hydrogens is 552 g/mol. The van der Waals surface area contributed by atoms with Crippen molar-refractivity contribution in [2.75, 3.05) is 28.7 Å². The minimum atomic E-state index is -0.583. The van der Waals surface area contributed by atoms with Crippen LogP contribution in [0.2, 0.25) is 0 Å². The second-order valence-electron chi connectivity index (χ2n) is 9.79. The van der Waals surface area contributed by atoms with Gasteiger partial charge in [0.2, 0.25) is 0 Å². The number of carbonyl (C=O) groups excluding carboxylic acids is 1. The molecule has 0 unspecified atom stereocenters.